The summed E-state index contributed by atoms with van der Waals surface area (Å²) in [5.74, 6) is -1.52. The monoisotopic (exact) mass is 481 g/mol. The van der Waals surface area contributed by atoms with E-state index in [0.29, 0.717) is 16.8 Å². The minimum Gasteiger partial charge on any atom is -0.477 e. The molecule has 0 bridgehead atoms. The predicted octanol–water partition coefficient (Wildman–Crippen LogP) is 3.14. The highest BCUT2D eigenvalue weighted by Crippen LogP contribution is 2.22. The molecule has 2 aromatic heterocycles. The number of amides is 1. The van der Waals surface area contributed by atoms with Gasteiger partial charge >= 0.3 is 5.97 Å². The van der Waals surface area contributed by atoms with Gasteiger partial charge in [-0.05, 0) is 33.6 Å². The predicted molar refractivity (Wildman–Crippen MR) is 101 cm³/mol. The van der Waals surface area contributed by atoms with E-state index in [-0.39, 0.29) is 11.3 Å². The van der Waals surface area contributed by atoms with Crippen LogP contribution in [-0.4, -0.2) is 36.5 Å². The van der Waals surface area contributed by atoms with Gasteiger partial charge in [-0.25, -0.2) is 4.79 Å². The standard InChI is InChI=1S/C16H13Br2N5O3/c1-22-13(16(25)26)11(6-19-22)15(24)20-14-12(18)8-23(21-14)7-9-2-4-10(17)5-3-9/h2-6,8H,7H2,1H3,(H,25,26)(H,20,21,24). The van der Waals surface area contributed by atoms with E-state index in [0.717, 1.165) is 14.7 Å². The minimum atomic E-state index is -1.23. The summed E-state index contributed by atoms with van der Waals surface area (Å²) in [6.07, 6.45) is 2.95. The Kier molecular flexibility index (Phi) is 5.23. The van der Waals surface area contributed by atoms with Gasteiger partial charge in [-0.1, -0.05) is 28.1 Å². The fraction of sp³-hybridized carbons (Fsp3) is 0.125. The maximum absolute atomic E-state index is 12.4. The number of aryl methyl sites for hydroxylation is 1. The van der Waals surface area contributed by atoms with Gasteiger partial charge in [0.25, 0.3) is 5.91 Å². The smallest absolute Gasteiger partial charge is 0.354 e. The number of benzene rings is 1. The number of hydrogen-bond donors (Lipinski definition) is 2. The molecule has 0 aliphatic rings. The Hall–Kier alpha value is -2.46. The van der Waals surface area contributed by atoms with Crippen LogP contribution < -0.4 is 5.32 Å². The SMILES string of the molecule is Cn1ncc(C(=O)Nc2nn(Cc3ccc(Br)cc3)cc2Br)c1C(=O)O. The summed E-state index contributed by atoms with van der Waals surface area (Å²) in [4.78, 5) is 23.7. The van der Waals surface area contributed by atoms with Crippen molar-refractivity contribution in [2.75, 3.05) is 5.32 Å². The number of carboxylic acid groups (broad SMARTS) is 1. The lowest BCUT2D eigenvalue weighted by molar-refractivity contribution is 0.0680. The summed E-state index contributed by atoms with van der Waals surface area (Å²) in [6.45, 7) is 0.523. The number of aromatic nitrogens is 4. The van der Waals surface area contributed by atoms with Crippen molar-refractivity contribution in [1.82, 2.24) is 19.6 Å². The molecule has 2 N–H and O–H groups in total. The third-order valence-electron chi connectivity index (χ3n) is 3.59. The summed E-state index contributed by atoms with van der Waals surface area (Å²) < 4.78 is 4.38. The van der Waals surface area contributed by atoms with E-state index in [4.69, 9.17) is 0 Å². The summed E-state index contributed by atoms with van der Waals surface area (Å²) in [5.41, 5.74) is 0.823. The molecule has 8 nitrogen and oxygen atoms in total. The molecule has 0 radical (unpaired) electrons. The van der Waals surface area contributed by atoms with Gasteiger partial charge in [0.15, 0.2) is 11.5 Å². The Morgan fingerprint density at radius 1 is 1.23 bits per heavy atom. The topological polar surface area (TPSA) is 102 Å². The van der Waals surface area contributed by atoms with Crippen LogP contribution in [-0.2, 0) is 13.6 Å². The van der Waals surface area contributed by atoms with E-state index in [1.807, 2.05) is 24.3 Å². The first kappa shape index (κ1) is 18.3. The molecule has 0 saturated carbocycles. The second kappa shape index (κ2) is 7.42. The lowest BCUT2D eigenvalue weighted by atomic mass is 10.2. The number of carbonyl (C=O) groups excluding carboxylic acids is 1. The normalized spacial score (nSPS) is 10.7. The van der Waals surface area contributed by atoms with Crippen molar-refractivity contribution in [3.63, 3.8) is 0 Å². The van der Waals surface area contributed by atoms with E-state index in [2.05, 4.69) is 47.4 Å². The molecule has 0 fully saturated rings. The van der Waals surface area contributed by atoms with E-state index in [1.165, 1.54) is 13.2 Å². The molecule has 2 heterocycles. The molecule has 26 heavy (non-hydrogen) atoms. The zero-order valence-corrected chi connectivity index (χ0v) is 16.7. The number of halogens is 2. The maximum atomic E-state index is 12.4. The van der Waals surface area contributed by atoms with Crippen LogP contribution in [0.15, 0.2) is 45.6 Å². The summed E-state index contributed by atoms with van der Waals surface area (Å²) in [5, 5.41) is 20.0. The zero-order chi connectivity index (χ0) is 18.8. The molecule has 0 unspecified atom stereocenters. The van der Waals surface area contributed by atoms with Crippen molar-refractivity contribution in [1.29, 1.82) is 0 Å². The van der Waals surface area contributed by atoms with Crippen LogP contribution in [0.3, 0.4) is 0 Å². The molecule has 10 heteroatoms. The molecule has 0 saturated heterocycles. The van der Waals surface area contributed by atoms with E-state index in [9.17, 15) is 14.7 Å². The molecular weight excluding hydrogens is 470 g/mol. The molecule has 0 spiro atoms. The van der Waals surface area contributed by atoms with Gasteiger partial charge in [0.05, 0.1) is 22.8 Å². The third kappa shape index (κ3) is 3.86. The van der Waals surface area contributed by atoms with Gasteiger partial charge in [0, 0.05) is 17.7 Å². The largest absolute Gasteiger partial charge is 0.477 e. The molecule has 1 amide bonds. The number of nitrogens with one attached hydrogen (secondary N) is 1. The first-order valence-corrected chi connectivity index (χ1v) is 8.98. The number of carboxylic acids is 1. The number of aromatic carboxylic acids is 1. The molecule has 0 atom stereocenters. The quantitative estimate of drug-likeness (QED) is 0.581. The average Bonchev–Trinajstić information content (AvgIpc) is 3.12. The summed E-state index contributed by atoms with van der Waals surface area (Å²) >= 11 is 6.74. The highest BCUT2D eigenvalue weighted by atomic mass is 79.9. The Bertz CT molecular complexity index is 978. The van der Waals surface area contributed by atoms with Crippen LogP contribution in [0, 0.1) is 0 Å². The molecule has 3 aromatic rings. The van der Waals surface area contributed by atoms with Crippen LogP contribution >= 0.6 is 31.9 Å². The van der Waals surface area contributed by atoms with E-state index < -0.39 is 11.9 Å². The fourth-order valence-corrected chi connectivity index (χ4v) is 3.05. The van der Waals surface area contributed by atoms with Crippen molar-refractivity contribution in [2.45, 2.75) is 6.54 Å². The van der Waals surface area contributed by atoms with Crippen molar-refractivity contribution in [3.05, 3.63) is 62.4 Å². The average molecular weight is 483 g/mol. The molecule has 3 rings (SSSR count). The number of anilines is 1. The first-order valence-electron chi connectivity index (χ1n) is 7.39. The Balaban J connectivity index is 1.78. The van der Waals surface area contributed by atoms with E-state index >= 15 is 0 Å². The second-order valence-electron chi connectivity index (χ2n) is 5.44. The highest BCUT2D eigenvalue weighted by molar-refractivity contribution is 9.10. The van der Waals surface area contributed by atoms with Crippen molar-refractivity contribution < 1.29 is 14.7 Å². The molecular formula is C16H13Br2N5O3. The molecule has 0 aliphatic heterocycles. The lowest BCUT2D eigenvalue weighted by Crippen LogP contribution is -2.17. The minimum absolute atomic E-state index is 0.0330. The highest BCUT2D eigenvalue weighted by Gasteiger charge is 2.22. The Morgan fingerprint density at radius 3 is 2.58 bits per heavy atom. The Morgan fingerprint density at radius 2 is 1.92 bits per heavy atom. The Labute approximate surface area is 165 Å². The van der Waals surface area contributed by atoms with Crippen molar-refractivity contribution >= 4 is 49.6 Å². The van der Waals surface area contributed by atoms with Crippen LogP contribution in [0.1, 0.15) is 26.4 Å². The third-order valence-corrected chi connectivity index (χ3v) is 4.70. The maximum Gasteiger partial charge on any atom is 0.354 e. The van der Waals surface area contributed by atoms with Crippen molar-refractivity contribution in [2.24, 2.45) is 7.05 Å². The fourth-order valence-electron chi connectivity index (χ4n) is 2.37. The van der Waals surface area contributed by atoms with Crippen LogP contribution in [0.4, 0.5) is 5.82 Å². The second-order valence-corrected chi connectivity index (χ2v) is 7.21. The van der Waals surface area contributed by atoms with E-state index in [1.54, 1.807) is 10.9 Å². The van der Waals surface area contributed by atoms with Gasteiger partial charge in [0.1, 0.15) is 0 Å². The zero-order valence-electron chi connectivity index (χ0n) is 13.5. The van der Waals surface area contributed by atoms with Crippen LogP contribution in [0.2, 0.25) is 0 Å². The van der Waals surface area contributed by atoms with Crippen molar-refractivity contribution in [3.8, 4) is 0 Å². The first-order chi connectivity index (χ1) is 12.3. The summed E-state index contributed by atoms with van der Waals surface area (Å²) in [7, 11) is 1.46. The molecule has 134 valence electrons. The number of hydrogen-bond acceptors (Lipinski definition) is 4. The van der Waals surface area contributed by atoms with Gasteiger partial charge in [-0.3, -0.25) is 14.2 Å². The number of nitrogens with zero attached hydrogens (tertiary/aromatic N) is 4. The van der Waals surface area contributed by atoms with Crippen LogP contribution in [0.25, 0.3) is 0 Å². The van der Waals surface area contributed by atoms with Gasteiger partial charge in [-0.2, -0.15) is 10.2 Å². The van der Waals surface area contributed by atoms with Gasteiger partial charge in [0.2, 0.25) is 0 Å². The van der Waals surface area contributed by atoms with Crippen LogP contribution in [0.5, 0.6) is 0 Å². The molecule has 0 aliphatic carbocycles. The molecule has 1 aromatic carbocycles. The number of rotatable bonds is 5. The summed E-state index contributed by atoms with van der Waals surface area (Å²) in [6, 6.07) is 7.80. The van der Waals surface area contributed by atoms with Gasteiger partial charge in [-0.15, -0.1) is 0 Å². The lowest BCUT2D eigenvalue weighted by Gasteiger charge is -2.04. The number of carbonyl (C=O) groups is 2. The van der Waals surface area contributed by atoms with Gasteiger partial charge < -0.3 is 10.4 Å².